The third-order valence-electron chi connectivity index (χ3n) is 3.34. The van der Waals surface area contributed by atoms with Crippen LogP contribution < -0.4 is 5.32 Å². The van der Waals surface area contributed by atoms with Crippen LogP contribution in [0.4, 0.5) is 0 Å². The molecular formula is C15H26N2O2. The van der Waals surface area contributed by atoms with Crippen LogP contribution in [0.2, 0.25) is 0 Å². The van der Waals surface area contributed by atoms with Gasteiger partial charge in [-0.15, -0.1) is 0 Å². The second-order valence-corrected chi connectivity index (χ2v) is 6.45. The van der Waals surface area contributed by atoms with Crippen molar-refractivity contribution >= 4 is 0 Å². The van der Waals surface area contributed by atoms with Crippen LogP contribution in [0, 0.1) is 0 Å². The maximum Gasteiger partial charge on any atom is 0.194 e. The number of aryl methyl sites for hydroxylation is 1. The Bertz CT molecular complexity index is 395. The maximum absolute atomic E-state index is 5.78. The molecule has 1 aromatic heterocycles. The topological polar surface area (TPSA) is 47.3 Å². The highest BCUT2D eigenvalue weighted by molar-refractivity contribution is 5.00. The van der Waals surface area contributed by atoms with Crippen molar-refractivity contribution < 1.29 is 9.15 Å². The Labute approximate surface area is 115 Å². The van der Waals surface area contributed by atoms with Crippen LogP contribution in [0.25, 0.3) is 0 Å². The fourth-order valence-electron chi connectivity index (χ4n) is 2.30. The van der Waals surface area contributed by atoms with Crippen molar-refractivity contribution in [2.75, 3.05) is 6.54 Å². The predicted octanol–water partition coefficient (Wildman–Crippen LogP) is 3.24. The Hall–Kier alpha value is -0.870. The lowest BCUT2D eigenvalue weighted by Gasteiger charge is -2.20. The highest BCUT2D eigenvalue weighted by Crippen LogP contribution is 2.32. The van der Waals surface area contributed by atoms with Gasteiger partial charge in [0.05, 0.1) is 12.3 Å². The van der Waals surface area contributed by atoms with Crippen molar-refractivity contribution in [2.45, 2.75) is 71.1 Å². The molecule has 1 N–H and O–H groups in total. The number of aromatic nitrogens is 1. The summed E-state index contributed by atoms with van der Waals surface area (Å²) in [6, 6.07) is 0. The molecule has 1 fully saturated rings. The maximum atomic E-state index is 5.78. The van der Waals surface area contributed by atoms with Crippen LogP contribution in [0.3, 0.4) is 0 Å². The lowest BCUT2D eigenvalue weighted by molar-refractivity contribution is 0.0417. The van der Waals surface area contributed by atoms with Gasteiger partial charge >= 0.3 is 0 Å². The number of nitrogens with one attached hydrogen (secondary N) is 1. The highest BCUT2D eigenvalue weighted by Gasteiger charge is 2.26. The van der Waals surface area contributed by atoms with Crippen molar-refractivity contribution in [3.05, 3.63) is 17.8 Å². The van der Waals surface area contributed by atoms with E-state index in [1.165, 1.54) is 0 Å². The van der Waals surface area contributed by atoms with E-state index in [1.54, 1.807) is 0 Å². The zero-order valence-corrected chi connectivity index (χ0v) is 12.5. The number of oxazole rings is 1. The van der Waals surface area contributed by atoms with Crippen molar-refractivity contribution in [2.24, 2.45) is 0 Å². The number of hydrogen-bond acceptors (Lipinski definition) is 4. The predicted molar refractivity (Wildman–Crippen MR) is 75.1 cm³/mol. The second kappa shape index (κ2) is 6.06. The summed E-state index contributed by atoms with van der Waals surface area (Å²) in [7, 11) is 0. The van der Waals surface area contributed by atoms with Crippen LogP contribution in [0.15, 0.2) is 10.6 Å². The molecule has 0 saturated carbocycles. The van der Waals surface area contributed by atoms with E-state index in [0.717, 1.165) is 43.9 Å². The molecule has 0 aromatic carbocycles. The van der Waals surface area contributed by atoms with Crippen molar-refractivity contribution in [1.29, 1.82) is 0 Å². The minimum absolute atomic E-state index is 0.115. The Morgan fingerprint density at radius 2 is 2.16 bits per heavy atom. The molecule has 1 aliphatic rings. The first-order chi connectivity index (χ1) is 8.94. The summed E-state index contributed by atoms with van der Waals surface area (Å²) in [4.78, 5) is 4.35. The molecule has 1 aliphatic heterocycles. The minimum atomic E-state index is 0.115. The first kappa shape index (κ1) is 14.5. The number of nitrogens with zero attached hydrogens (tertiary/aromatic N) is 1. The molecule has 2 rings (SSSR count). The Kier molecular flexibility index (Phi) is 4.63. The van der Waals surface area contributed by atoms with Gasteiger partial charge in [0.2, 0.25) is 0 Å². The van der Waals surface area contributed by atoms with Gasteiger partial charge in [-0.25, -0.2) is 4.98 Å². The van der Waals surface area contributed by atoms with Crippen LogP contribution in [0.1, 0.15) is 64.7 Å². The zero-order chi connectivity index (χ0) is 13.9. The van der Waals surface area contributed by atoms with E-state index in [0.29, 0.717) is 6.10 Å². The molecule has 2 unspecified atom stereocenters. The van der Waals surface area contributed by atoms with Gasteiger partial charge in [0.15, 0.2) is 11.7 Å². The van der Waals surface area contributed by atoms with Crippen molar-refractivity contribution in [3.8, 4) is 0 Å². The van der Waals surface area contributed by atoms with Gasteiger partial charge in [-0.2, -0.15) is 0 Å². The summed E-state index contributed by atoms with van der Waals surface area (Å²) < 4.78 is 11.6. The van der Waals surface area contributed by atoms with Gasteiger partial charge in [-0.05, 0) is 53.5 Å². The largest absolute Gasteiger partial charge is 0.443 e. The molecule has 4 heteroatoms. The lowest BCUT2D eigenvalue weighted by atomic mass is 10.1. The molecule has 2 atom stereocenters. The number of ether oxygens (including phenoxy) is 1. The molecule has 0 aliphatic carbocycles. The molecule has 0 radical (unpaired) electrons. The monoisotopic (exact) mass is 266 g/mol. The molecule has 108 valence electrons. The molecule has 0 amide bonds. The third kappa shape index (κ3) is 4.62. The lowest BCUT2D eigenvalue weighted by Crippen LogP contribution is -2.36. The molecule has 4 nitrogen and oxygen atoms in total. The van der Waals surface area contributed by atoms with Crippen LogP contribution >= 0.6 is 0 Å². The molecule has 0 spiro atoms. The summed E-state index contributed by atoms with van der Waals surface area (Å²) in [5.41, 5.74) is 0.176. The van der Waals surface area contributed by atoms with Gasteiger partial charge in [-0.1, -0.05) is 0 Å². The van der Waals surface area contributed by atoms with Gasteiger partial charge in [0.1, 0.15) is 6.10 Å². The smallest absolute Gasteiger partial charge is 0.194 e. The van der Waals surface area contributed by atoms with Gasteiger partial charge in [0.25, 0.3) is 0 Å². The van der Waals surface area contributed by atoms with Gasteiger partial charge in [0, 0.05) is 12.0 Å². The second-order valence-electron chi connectivity index (χ2n) is 6.45. The van der Waals surface area contributed by atoms with Crippen molar-refractivity contribution in [3.63, 3.8) is 0 Å². The Morgan fingerprint density at radius 3 is 2.79 bits per heavy atom. The summed E-state index contributed by atoms with van der Waals surface area (Å²) in [6.07, 6.45) is 6.36. The normalized spacial score (nSPS) is 24.0. The third-order valence-corrected chi connectivity index (χ3v) is 3.34. The zero-order valence-electron chi connectivity index (χ0n) is 12.5. The highest BCUT2D eigenvalue weighted by atomic mass is 16.5. The van der Waals surface area contributed by atoms with Gasteiger partial charge in [-0.3, -0.25) is 0 Å². The van der Waals surface area contributed by atoms with Crippen LogP contribution in [-0.2, 0) is 11.2 Å². The van der Waals surface area contributed by atoms with Crippen LogP contribution in [0.5, 0.6) is 0 Å². The van der Waals surface area contributed by atoms with E-state index in [9.17, 15) is 0 Å². The summed E-state index contributed by atoms with van der Waals surface area (Å²) in [6.45, 7) is 9.62. The fraction of sp³-hybridized carbons (Fsp3) is 0.800. The Morgan fingerprint density at radius 1 is 1.37 bits per heavy atom. The van der Waals surface area contributed by atoms with E-state index in [1.807, 2.05) is 6.20 Å². The molecule has 2 heterocycles. The quantitative estimate of drug-likeness (QED) is 0.831. The van der Waals surface area contributed by atoms with E-state index in [-0.39, 0.29) is 11.6 Å². The summed E-state index contributed by atoms with van der Waals surface area (Å²) in [5, 5.41) is 3.47. The Balaban J connectivity index is 1.75. The molecule has 1 saturated heterocycles. The first-order valence-electron chi connectivity index (χ1n) is 7.29. The van der Waals surface area contributed by atoms with E-state index < -0.39 is 0 Å². The number of rotatable bonds is 5. The van der Waals surface area contributed by atoms with E-state index in [2.05, 4.69) is 38.0 Å². The van der Waals surface area contributed by atoms with E-state index >= 15 is 0 Å². The fourth-order valence-corrected chi connectivity index (χ4v) is 2.30. The average Bonchev–Trinajstić information content (AvgIpc) is 2.92. The molecule has 19 heavy (non-hydrogen) atoms. The number of hydrogen-bond donors (Lipinski definition) is 1. The SMILES string of the molecule is CC1CCC(c2cnc(CCCNC(C)(C)C)o2)O1. The van der Waals surface area contributed by atoms with E-state index in [4.69, 9.17) is 9.15 Å². The summed E-state index contributed by atoms with van der Waals surface area (Å²) >= 11 is 0. The molecule has 1 aromatic rings. The first-order valence-corrected chi connectivity index (χ1v) is 7.29. The van der Waals surface area contributed by atoms with Gasteiger partial charge < -0.3 is 14.5 Å². The van der Waals surface area contributed by atoms with Crippen molar-refractivity contribution in [1.82, 2.24) is 10.3 Å². The summed E-state index contributed by atoms with van der Waals surface area (Å²) in [5.74, 6) is 1.72. The average molecular weight is 266 g/mol. The molecule has 0 bridgehead atoms. The van der Waals surface area contributed by atoms with Crippen LogP contribution in [-0.4, -0.2) is 23.2 Å². The molecular weight excluding hydrogens is 240 g/mol. The standard InChI is InChI=1S/C15H26N2O2/c1-11-7-8-12(18-11)13-10-16-14(19-13)6-5-9-17-15(2,3)4/h10-12,17H,5-9H2,1-4H3. The minimum Gasteiger partial charge on any atom is -0.443 e.